The van der Waals surface area contributed by atoms with Gasteiger partial charge < -0.3 is 14.2 Å². The SMILES string of the molecule is COC(=O)C(OC(C)(C)C)c1c(C)nc2sc3c(c2c1-c1ccc2c4c(ccnc14)CCO2)CCCC3. The minimum absolute atomic E-state index is 0.427. The first-order chi connectivity index (χ1) is 17.8. The molecule has 0 fully saturated rings. The van der Waals surface area contributed by atoms with Gasteiger partial charge in [0.25, 0.3) is 0 Å². The molecule has 7 heteroatoms. The number of benzene rings is 1. The maximum Gasteiger partial charge on any atom is 0.339 e. The van der Waals surface area contributed by atoms with Crippen molar-refractivity contribution in [2.24, 2.45) is 0 Å². The summed E-state index contributed by atoms with van der Waals surface area (Å²) in [6.45, 7) is 8.50. The molecule has 0 radical (unpaired) electrons. The van der Waals surface area contributed by atoms with E-state index in [4.69, 9.17) is 24.2 Å². The third-order valence-electron chi connectivity index (χ3n) is 7.32. The third-order valence-corrected chi connectivity index (χ3v) is 8.50. The average molecular weight is 517 g/mol. The molecule has 0 spiro atoms. The third kappa shape index (κ3) is 4.09. The van der Waals surface area contributed by atoms with Gasteiger partial charge in [-0.3, -0.25) is 4.98 Å². The molecule has 0 saturated heterocycles. The molecule has 1 unspecified atom stereocenters. The van der Waals surface area contributed by atoms with Crippen molar-refractivity contribution in [1.29, 1.82) is 0 Å². The van der Waals surface area contributed by atoms with Gasteiger partial charge in [-0.15, -0.1) is 11.3 Å². The van der Waals surface area contributed by atoms with Crippen LogP contribution in [0.15, 0.2) is 24.4 Å². The molecule has 1 atom stereocenters. The van der Waals surface area contributed by atoms with Crippen LogP contribution in [0.1, 0.15) is 67.0 Å². The Kier molecular flexibility index (Phi) is 5.96. The van der Waals surface area contributed by atoms with Crippen molar-refractivity contribution >= 4 is 38.4 Å². The fourth-order valence-corrected chi connectivity index (χ4v) is 7.12. The van der Waals surface area contributed by atoms with Crippen molar-refractivity contribution < 1.29 is 19.0 Å². The van der Waals surface area contributed by atoms with Crippen molar-refractivity contribution in [2.45, 2.75) is 71.5 Å². The van der Waals surface area contributed by atoms with E-state index in [0.717, 1.165) is 74.9 Å². The molecule has 0 N–H and O–H groups in total. The number of hydrogen-bond acceptors (Lipinski definition) is 7. The second-order valence-corrected chi connectivity index (χ2v) is 12.0. The fourth-order valence-electron chi connectivity index (χ4n) is 5.81. The molecule has 1 aromatic carbocycles. The lowest BCUT2D eigenvalue weighted by Gasteiger charge is -2.29. The van der Waals surface area contributed by atoms with E-state index >= 15 is 0 Å². The molecule has 1 aliphatic carbocycles. The maximum absolute atomic E-state index is 13.3. The molecule has 4 heterocycles. The Morgan fingerprint density at radius 1 is 1.11 bits per heavy atom. The number of aryl methyl sites for hydroxylation is 3. The highest BCUT2D eigenvalue weighted by molar-refractivity contribution is 7.19. The maximum atomic E-state index is 13.3. The van der Waals surface area contributed by atoms with Crippen molar-refractivity contribution in [3.05, 3.63) is 51.7 Å². The normalized spacial score (nSPS) is 15.9. The first-order valence-electron chi connectivity index (χ1n) is 13.0. The monoisotopic (exact) mass is 516 g/mol. The molecular formula is C30H32N2O4S. The molecule has 6 nitrogen and oxygen atoms in total. The molecule has 0 saturated carbocycles. The van der Waals surface area contributed by atoms with Crippen LogP contribution in [0, 0.1) is 6.92 Å². The number of fused-ring (bicyclic) bond motifs is 3. The highest BCUT2D eigenvalue weighted by atomic mass is 32.1. The summed E-state index contributed by atoms with van der Waals surface area (Å²) in [5.41, 5.74) is 6.41. The Labute approximate surface area is 221 Å². The standard InChI is InChI=1S/C30H32N2O4S/c1-16-22(27(29(33)34-5)36-30(2,3)4)24(25-18-8-6-7-9-21(18)37-28(25)32-16)19-10-11-20-23-17(13-15-35-20)12-14-31-26(19)23/h10-12,14,27H,6-9,13,15H2,1-5H3. The quantitative estimate of drug-likeness (QED) is 0.282. The molecule has 0 amide bonds. The van der Waals surface area contributed by atoms with E-state index in [1.165, 1.54) is 29.5 Å². The van der Waals surface area contributed by atoms with Crippen LogP contribution in [0.4, 0.5) is 0 Å². The van der Waals surface area contributed by atoms with E-state index in [2.05, 4.69) is 12.1 Å². The van der Waals surface area contributed by atoms with Gasteiger partial charge in [0.15, 0.2) is 6.10 Å². The summed E-state index contributed by atoms with van der Waals surface area (Å²) in [5.74, 6) is 0.433. The average Bonchev–Trinajstić information content (AvgIpc) is 3.24. The van der Waals surface area contributed by atoms with E-state index in [-0.39, 0.29) is 0 Å². The lowest BCUT2D eigenvalue weighted by Crippen LogP contribution is -2.29. The van der Waals surface area contributed by atoms with Crippen LogP contribution in [-0.4, -0.2) is 35.3 Å². The van der Waals surface area contributed by atoms with Gasteiger partial charge in [0.1, 0.15) is 10.6 Å². The second kappa shape index (κ2) is 9.07. The number of methoxy groups -OCH3 is 1. The van der Waals surface area contributed by atoms with Gasteiger partial charge in [-0.05, 0) is 82.7 Å². The van der Waals surface area contributed by atoms with Crippen molar-refractivity contribution in [3.8, 4) is 16.9 Å². The lowest BCUT2D eigenvalue weighted by molar-refractivity contribution is -0.164. The number of carbonyl (C=O) groups is 1. The topological polar surface area (TPSA) is 70.5 Å². The van der Waals surface area contributed by atoms with Crippen LogP contribution in [-0.2, 0) is 33.5 Å². The van der Waals surface area contributed by atoms with Crippen molar-refractivity contribution in [3.63, 3.8) is 0 Å². The predicted octanol–water partition coefficient (Wildman–Crippen LogP) is 6.66. The van der Waals surface area contributed by atoms with E-state index in [1.54, 1.807) is 11.3 Å². The fraction of sp³-hybridized carbons (Fsp3) is 0.433. The summed E-state index contributed by atoms with van der Waals surface area (Å²) in [5, 5.41) is 2.18. The number of pyridine rings is 2. The number of esters is 1. The number of rotatable bonds is 4. The minimum atomic E-state index is -0.918. The van der Waals surface area contributed by atoms with Gasteiger partial charge in [0.2, 0.25) is 0 Å². The smallest absolute Gasteiger partial charge is 0.339 e. The molecule has 0 bridgehead atoms. The number of thiophene rings is 1. The number of carbonyl (C=O) groups excluding carboxylic acids is 1. The van der Waals surface area contributed by atoms with Gasteiger partial charge >= 0.3 is 5.97 Å². The van der Waals surface area contributed by atoms with E-state index in [9.17, 15) is 4.79 Å². The van der Waals surface area contributed by atoms with Crippen LogP contribution in [0.2, 0.25) is 0 Å². The largest absolute Gasteiger partial charge is 0.493 e. The van der Waals surface area contributed by atoms with Gasteiger partial charge in [-0.2, -0.15) is 0 Å². The summed E-state index contributed by atoms with van der Waals surface area (Å²) in [6.07, 6.45) is 6.23. The highest BCUT2D eigenvalue weighted by Crippen LogP contribution is 2.48. The minimum Gasteiger partial charge on any atom is -0.493 e. The van der Waals surface area contributed by atoms with Gasteiger partial charge in [0, 0.05) is 50.7 Å². The van der Waals surface area contributed by atoms with E-state index < -0.39 is 17.7 Å². The molecule has 37 heavy (non-hydrogen) atoms. The summed E-state index contributed by atoms with van der Waals surface area (Å²) < 4.78 is 17.7. The second-order valence-electron chi connectivity index (χ2n) is 10.9. The Bertz CT molecular complexity index is 1540. The number of ether oxygens (including phenoxy) is 3. The Hall–Kier alpha value is -3.03. The van der Waals surface area contributed by atoms with Crippen LogP contribution >= 0.6 is 11.3 Å². The van der Waals surface area contributed by atoms with Crippen molar-refractivity contribution in [2.75, 3.05) is 13.7 Å². The molecule has 4 aromatic rings. The zero-order chi connectivity index (χ0) is 25.9. The highest BCUT2D eigenvalue weighted by Gasteiger charge is 2.35. The zero-order valence-electron chi connectivity index (χ0n) is 22.1. The Balaban J connectivity index is 1.75. The summed E-state index contributed by atoms with van der Waals surface area (Å²) in [6, 6.07) is 6.22. The molecule has 2 aliphatic rings. The first kappa shape index (κ1) is 24.3. The van der Waals surface area contributed by atoms with Crippen molar-refractivity contribution in [1.82, 2.24) is 9.97 Å². The first-order valence-corrected chi connectivity index (χ1v) is 13.8. The van der Waals surface area contributed by atoms with Crippen LogP contribution in [0.3, 0.4) is 0 Å². The molecule has 192 valence electrons. The summed E-state index contributed by atoms with van der Waals surface area (Å²) in [4.78, 5) is 25.7. The van der Waals surface area contributed by atoms with Gasteiger partial charge in [-0.25, -0.2) is 9.78 Å². The van der Waals surface area contributed by atoms with Crippen LogP contribution < -0.4 is 4.74 Å². The Morgan fingerprint density at radius 2 is 1.92 bits per heavy atom. The van der Waals surface area contributed by atoms with E-state index in [1.807, 2.05) is 40.0 Å². The number of aromatic nitrogens is 2. The van der Waals surface area contributed by atoms with Gasteiger partial charge in [-0.1, -0.05) is 0 Å². The van der Waals surface area contributed by atoms with Crippen LogP contribution in [0.5, 0.6) is 5.75 Å². The molecule has 1 aliphatic heterocycles. The summed E-state index contributed by atoms with van der Waals surface area (Å²) >= 11 is 1.78. The van der Waals surface area contributed by atoms with Gasteiger partial charge in [0.05, 0.1) is 24.8 Å². The number of hydrogen-bond donors (Lipinski definition) is 0. The Morgan fingerprint density at radius 3 is 2.70 bits per heavy atom. The predicted molar refractivity (Wildman–Crippen MR) is 147 cm³/mol. The zero-order valence-corrected chi connectivity index (χ0v) is 22.9. The van der Waals surface area contributed by atoms with E-state index in [0.29, 0.717) is 6.61 Å². The molecular weight excluding hydrogens is 484 g/mol. The summed E-state index contributed by atoms with van der Waals surface area (Å²) in [7, 11) is 1.41. The lowest BCUT2D eigenvalue weighted by atomic mass is 9.86. The van der Waals surface area contributed by atoms with Crippen LogP contribution in [0.25, 0.3) is 32.2 Å². The molecule has 6 rings (SSSR count). The molecule has 3 aromatic heterocycles. The number of nitrogens with zero attached hydrogens (tertiary/aromatic N) is 2.